The zero-order valence-electron chi connectivity index (χ0n) is 12.1. The number of nitriles is 1. The van der Waals surface area contributed by atoms with Gasteiger partial charge in [0.25, 0.3) is 5.91 Å². The van der Waals surface area contributed by atoms with Gasteiger partial charge in [-0.2, -0.15) is 5.26 Å². The number of carbonyl (C=O) groups is 1. The molecule has 2 aromatic rings. The fraction of sp³-hybridized carbons (Fsp3) is 0.294. The van der Waals surface area contributed by atoms with Crippen LogP contribution in [-0.4, -0.2) is 5.91 Å². The van der Waals surface area contributed by atoms with Gasteiger partial charge in [-0.1, -0.05) is 17.7 Å². The smallest absolute Gasteiger partial charge is 0.256 e. The van der Waals surface area contributed by atoms with E-state index in [4.69, 9.17) is 0 Å². The molecule has 1 N–H and O–H groups in total. The summed E-state index contributed by atoms with van der Waals surface area (Å²) in [5.74, 6) is -0.132. The Morgan fingerprint density at radius 1 is 1.33 bits per heavy atom. The fourth-order valence-electron chi connectivity index (χ4n) is 2.76. The molecule has 0 saturated heterocycles. The van der Waals surface area contributed by atoms with Crippen molar-refractivity contribution in [3.63, 3.8) is 0 Å². The van der Waals surface area contributed by atoms with Gasteiger partial charge in [0.1, 0.15) is 11.1 Å². The molecule has 0 atom stereocenters. The maximum absolute atomic E-state index is 12.5. The molecule has 3 nitrogen and oxygen atoms in total. The van der Waals surface area contributed by atoms with E-state index in [0.29, 0.717) is 16.1 Å². The summed E-state index contributed by atoms with van der Waals surface area (Å²) in [6, 6.07) is 8.08. The molecule has 3 rings (SSSR count). The van der Waals surface area contributed by atoms with E-state index in [-0.39, 0.29) is 5.91 Å². The molecule has 0 fully saturated rings. The molecule has 1 aromatic heterocycles. The van der Waals surface area contributed by atoms with E-state index < -0.39 is 0 Å². The summed E-state index contributed by atoms with van der Waals surface area (Å²) >= 11 is 1.55. The number of nitrogens with one attached hydrogen (secondary N) is 1. The minimum absolute atomic E-state index is 0.132. The van der Waals surface area contributed by atoms with Crippen molar-refractivity contribution in [3.05, 3.63) is 50.9 Å². The first-order chi connectivity index (χ1) is 10.1. The number of aryl methyl sites for hydroxylation is 3. The molecule has 21 heavy (non-hydrogen) atoms. The van der Waals surface area contributed by atoms with E-state index in [1.165, 1.54) is 4.88 Å². The van der Waals surface area contributed by atoms with Crippen molar-refractivity contribution in [1.29, 1.82) is 5.26 Å². The first-order valence-electron chi connectivity index (χ1n) is 7.03. The van der Waals surface area contributed by atoms with Crippen molar-refractivity contribution >= 4 is 22.2 Å². The summed E-state index contributed by atoms with van der Waals surface area (Å²) in [6.07, 6.45) is 3.09. The van der Waals surface area contributed by atoms with E-state index in [1.807, 2.05) is 32.0 Å². The number of thiophene rings is 1. The zero-order valence-corrected chi connectivity index (χ0v) is 12.9. The molecule has 106 valence electrons. The van der Waals surface area contributed by atoms with Gasteiger partial charge in [0, 0.05) is 10.4 Å². The number of carbonyl (C=O) groups excluding carboxylic acids is 1. The van der Waals surface area contributed by atoms with Gasteiger partial charge in [0.05, 0.1) is 5.56 Å². The maximum atomic E-state index is 12.5. The monoisotopic (exact) mass is 296 g/mol. The molecule has 1 aliphatic rings. The van der Waals surface area contributed by atoms with Crippen LogP contribution < -0.4 is 5.32 Å². The van der Waals surface area contributed by atoms with Crippen LogP contribution in [0.15, 0.2) is 18.2 Å². The standard InChI is InChI=1S/C17H16N2OS/c1-10-6-7-11(2)13(8-10)16(20)19-17-14(9-18)12-4-3-5-15(12)21-17/h6-8H,3-5H2,1-2H3,(H,19,20). The third-order valence-corrected chi connectivity index (χ3v) is 5.11. The highest BCUT2D eigenvalue weighted by molar-refractivity contribution is 7.16. The number of anilines is 1. The normalized spacial score (nSPS) is 12.8. The molecule has 1 aromatic carbocycles. The number of hydrogen-bond acceptors (Lipinski definition) is 3. The summed E-state index contributed by atoms with van der Waals surface area (Å²) in [5.41, 5.74) is 4.47. The number of rotatable bonds is 2. The Hall–Kier alpha value is -2.12. The van der Waals surface area contributed by atoms with Gasteiger partial charge in [-0.25, -0.2) is 0 Å². The highest BCUT2D eigenvalue weighted by atomic mass is 32.1. The highest BCUT2D eigenvalue weighted by Gasteiger charge is 2.23. The molecule has 1 heterocycles. The second-order valence-electron chi connectivity index (χ2n) is 5.45. The van der Waals surface area contributed by atoms with Gasteiger partial charge in [0.2, 0.25) is 0 Å². The Balaban J connectivity index is 1.92. The predicted octanol–water partition coefficient (Wildman–Crippen LogP) is 3.98. The predicted molar refractivity (Wildman–Crippen MR) is 84.9 cm³/mol. The van der Waals surface area contributed by atoms with Gasteiger partial charge in [0.15, 0.2) is 0 Å². The van der Waals surface area contributed by atoms with Crippen molar-refractivity contribution in [2.24, 2.45) is 0 Å². The second-order valence-corrected chi connectivity index (χ2v) is 6.55. The Morgan fingerprint density at radius 2 is 2.14 bits per heavy atom. The molecule has 1 aliphatic carbocycles. The van der Waals surface area contributed by atoms with E-state index in [2.05, 4.69) is 11.4 Å². The van der Waals surface area contributed by atoms with E-state index in [0.717, 1.165) is 36.0 Å². The molecular formula is C17H16N2OS. The zero-order chi connectivity index (χ0) is 15.0. The van der Waals surface area contributed by atoms with Crippen molar-refractivity contribution in [3.8, 4) is 6.07 Å². The number of amides is 1. The summed E-state index contributed by atoms with van der Waals surface area (Å²) in [6.45, 7) is 3.89. The largest absolute Gasteiger partial charge is 0.312 e. The van der Waals surface area contributed by atoms with Crippen LogP contribution in [0.1, 0.15) is 43.9 Å². The number of nitrogens with zero attached hydrogens (tertiary/aromatic N) is 1. The van der Waals surface area contributed by atoms with Gasteiger partial charge in [-0.15, -0.1) is 11.3 Å². The summed E-state index contributed by atoms with van der Waals surface area (Å²) in [5, 5.41) is 13.0. The van der Waals surface area contributed by atoms with Crippen LogP contribution in [0.5, 0.6) is 0 Å². The van der Waals surface area contributed by atoms with Crippen LogP contribution >= 0.6 is 11.3 Å². The van der Waals surface area contributed by atoms with Gasteiger partial charge < -0.3 is 5.32 Å². The second kappa shape index (κ2) is 5.34. The minimum Gasteiger partial charge on any atom is -0.312 e. The summed E-state index contributed by atoms with van der Waals surface area (Å²) in [4.78, 5) is 13.7. The Bertz CT molecular complexity index is 768. The van der Waals surface area contributed by atoms with Crippen molar-refractivity contribution in [2.45, 2.75) is 33.1 Å². The van der Waals surface area contributed by atoms with Gasteiger partial charge in [-0.05, 0) is 50.3 Å². The number of benzene rings is 1. The topological polar surface area (TPSA) is 52.9 Å². The van der Waals surface area contributed by atoms with E-state index in [9.17, 15) is 10.1 Å². The van der Waals surface area contributed by atoms with Crippen molar-refractivity contribution in [2.75, 3.05) is 5.32 Å². The molecule has 4 heteroatoms. The quantitative estimate of drug-likeness (QED) is 0.911. The first kappa shape index (κ1) is 13.8. The van der Waals surface area contributed by atoms with Crippen LogP contribution in [-0.2, 0) is 12.8 Å². The molecular weight excluding hydrogens is 280 g/mol. The first-order valence-corrected chi connectivity index (χ1v) is 7.85. The molecule has 0 spiro atoms. The number of fused-ring (bicyclic) bond motifs is 1. The third kappa shape index (κ3) is 2.45. The van der Waals surface area contributed by atoms with Gasteiger partial charge in [-0.3, -0.25) is 4.79 Å². The molecule has 0 bridgehead atoms. The van der Waals surface area contributed by atoms with Crippen molar-refractivity contribution in [1.82, 2.24) is 0 Å². The lowest BCUT2D eigenvalue weighted by atomic mass is 10.1. The molecule has 0 unspecified atom stereocenters. The van der Waals surface area contributed by atoms with Crippen LogP contribution in [0, 0.1) is 25.2 Å². The fourth-order valence-corrected chi connectivity index (χ4v) is 4.00. The van der Waals surface area contributed by atoms with Gasteiger partial charge >= 0.3 is 0 Å². The lowest BCUT2D eigenvalue weighted by Gasteiger charge is -2.08. The Kier molecular flexibility index (Phi) is 3.52. The number of hydrogen-bond donors (Lipinski definition) is 1. The average molecular weight is 296 g/mol. The Labute approximate surface area is 128 Å². The lowest BCUT2D eigenvalue weighted by molar-refractivity contribution is 0.102. The molecule has 1 amide bonds. The van der Waals surface area contributed by atoms with Crippen LogP contribution in [0.25, 0.3) is 0 Å². The minimum atomic E-state index is -0.132. The average Bonchev–Trinajstić information content (AvgIpc) is 3.01. The van der Waals surface area contributed by atoms with Crippen molar-refractivity contribution < 1.29 is 4.79 Å². The van der Waals surface area contributed by atoms with E-state index in [1.54, 1.807) is 11.3 Å². The van der Waals surface area contributed by atoms with E-state index >= 15 is 0 Å². The Morgan fingerprint density at radius 3 is 2.90 bits per heavy atom. The lowest BCUT2D eigenvalue weighted by Crippen LogP contribution is -2.13. The molecule has 0 aliphatic heterocycles. The molecule has 0 radical (unpaired) electrons. The van der Waals surface area contributed by atoms with Crippen LogP contribution in [0.4, 0.5) is 5.00 Å². The van der Waals surface area contributed by atoms with Crippen LogP contribution in [0.3, 0.4) is 0 Å². The molecule has 0 saturated carbocycles. The SMILES string of the molecule is Cc1ccc(C)c(C(=O)Nc2sc3c(c2C#N)CCC3)c1. The third-order valence-electron chi connectivity index (χ3n) is 3.90. The highest BCUT2D eigenvalue weighted by Crippen LogP contribution is 2.38. The van der Waals surface area contributed by atoms with Crippen LogP contribution in [0.2, 0.25) is 0 Å². The maximum Gasteiger partial charge on any atom is 0.256 e. The summed E-state index contributed by atoms with van der Waals surface area (Å²) < 4.78 is 0. The summed E-state index contributed by atoms with van der Waals surface area (Å²) in [7, 11) is 0.